The SMILES string of the molecule is CCC(C)(C)NC(=O)[C@H](C)N1CCC[C@H](C(=O)O)C1. The molecular weight excluding hydrogens is 244 g/mol. The minimum Gasteiger partial charge on any atom is -0.481 e. The van der Waals surface area contributed by atoms with Crippen molar-refractivity contribution < 1.29 is 14.7 Å². The van der Waals surface area contributed by atoms with E-state index in [1.165, 1.54) is 0 Å². The molecule has 0 radical (unpaired) electrons. The lowest BCUT2D eigenvalue weighted by Gasteiger charge is -2.36. The first-order valence-electron chi connectivity index (χ1n) is 7.05. The molecule has 1 aliphatic heterocycles. The van der Waals surface area contributed by atoms with E-state index in [4.69, 9.17) is 5.11 Å². The van der Waals surface area contributed by atoms with Gasteiger partial charge in [0.1, 0.15) is 0 Å². The molecule has 5 heteroatoms. The highest BCUT2D eigenvalue weighted by Gasteiger charge is 2.32. The van der Waals surface area contributed by atoms with Gasteiger partial charge in [-0.15, -0.1) is 0 Å². The molecule has 1 rings (SSSR count). The van der Waals surface area contributed by atoms with E-state index in [1.54, 1.807) is 0 Å². The maximum atomic E-state index is 12.2. The van der Waals surface area contributed by atoms with Crippen molar-refractivity contribution in [2.24, 2.45) is 5.92 Å². The molecule has 0 aromatic heterocycles. The zero-order valence-corrected chi connectivity index (χ0v) is 12.4. The zero-order chi connectivity index (χ0) is 14.6. The van der Waals surface area contributed by atoms with Crippen molar-refractivity contribution >= 4 is 11.9 Å². The van der Waals surface area contributed by atoms with Gasteiger partial charge in [0.25, 0.3) is 0 Å². The van der Waals surface area contributed by atoms with Crippen LogP contribution in [0.2, 0.25) is 0 Å². The second-order valence-electron chi connectivity index (χ2n) is 6.07. The summed E-state index contributed by atoms with van der Waals surface area (Å²) in [5.41, 5.74) is -0.215. The number of aliphatic carboxylic acids is 1. The van der Waals surface area contributed by atoms with Crippen LogP contribution in [0.4, 0.5) is 0 Å². The predicted molar refractivity (Wildman–Crippen MR) is 73.9 cm³/mol. The quantitative estimate of drug-likeness (QED) is 0.794. The Morgan fingerprint density at radius 3 is 2.63 bits per heavy atom. The fourth-order valence-corrected chi connectivity index (χ4v) is 2.25. The molecule has 2 atom stereocenters. The Morgan fingerprint density at radius 2 is 2.11 bits per heavy atom. The fraction of sp³-hybridized carbons (Fsp3) is 0.857. The van der Waals surface area contributed by atoms with Gasteiger partial charge < -0.3 is 10.4 Å². The number of carboxylic acid groups (broad SMARTS) is 1. The van der Waals surface area contributed by atoms with Crippen LogP contribution in [0, 0.1) is 5.92 Å². The molecule has 0 unspecified atom stereocenters. The molecule has 5 nitrogen and oxygen atoms in total. The Morgan fingerprint density at radius 1 is 1.47 bits per heavy atom. The molecule has 0 aromatic carbocycles. The van der Waals surface area contributed by atoms with E-state index in [9.17, 15) is 9.59 Å². The van der Waals surface area contributed by atoms with Crippen molar-refractivity contribution in [3.63, 3.8) is 0 Å². The average molecular weight is 270 g/mol. The number of carbonyl (C=O) groups excluding carboxylic acids is 1. The first kappa shape index (κ1) is 16.0. The standard InChI is InChI=1S/C14H26N2O3/c1-5-14(3,4)15-12(17)10(2)16-8-6-7-11(9-16)13(18)19/h10-11H,5-9H2,1-4H3,(H,15,17)(H,18,19)/t10-,11-/m0/s1. The van der Waals surface area contributed by atoms with Crippen LogP contribution in [0.3, 0.4) is 0 Å². The Kier molecular flexibility index (Phi) is 5.35. The molecule has 19 heavy (non-hydrogen) atoms. The molecule has 0 aromatic rings. The maximum absolute atomic E-state index is 12.2. The number of carboxylic acids is 1. The van der Waals surface area contributed by atoms with E-state index in [0.717, 1.165) is 19.4 Å². The average Bonchev–Trinajstić information content (AvgIpc) is 2.37. The van der Waals surface area contributed by atoms with Crippen molar-refractivity contribution in [1.29, 1.82) is 0 Å². The van der Waals surface area contributed by atoms with Crippen LogP contribution in [-0.2, 0) is 9.59 Å². The normalized spacial score (nSPS) is 22.8. The number of nitrogens with one attached hydrogen (secondary N) is 1. The summed E-state index contributed by atoms with van der Waals surface area (Å²) in [5.74, 6) is -1.12. The third-order valence-electron chi connectivity index (χ3n) is 4.07. The molecule has 1 saturated heterocycles. The summed E-state index contributed by atoms with van der Waals surface area (Å²) in [4.78, 5) is 25.2. The molecule has 0 spiro atoms. The monoisotopic (exact) mass is 270 g/mol. The Hall–Kier alpha value is -1.10. The van der Waals surface area contributed by atoms with Crippen LogP contribution in [0.5, 0.6) is 0 Å². The largest absolute Gasteiger partial charge is 0.481 e. The Balaban J connectivity index is 2.59. The number of nitrogens with zero attached hydrogens (tertiary/aromatic N) is 1. The summed E-state index contributed by atoms with van der Waals surface area (Å²) in [6, 6.07) is -0.270. The number of amides is 1. The van der Waals surface area contributed by atoms with Crippen molar-refractivity contribution in [2.75, 3.05) is 13.1 Å². The molecule has 1 amide bonds. The molecule has 1 fully saturated rings. The first-order valence-corrected chi connectivity index (χ1v) is 7.05. The molecule has 0 aliphatic carbocycles. The number of likely N-dealkylation sites (tertiary alicyclic amines) is 1. The maximum Gasteiger partial charge on any atom is 0.307 e. The van der Waals surface area contributed by atoms with Crippen molar-refractivity contribution in [2.45, 2.75) is 58.5 Å². The van der Waals surface area contributed by atoms with Crippen LogP contribution in [-0.4, -0.2) is 46.6 Å². The second kappa shape index (κ2) is 6.37. The second-order valence-corrected chi connectivity index (χ2v) is 6.07. The minimum absolute atomic E-state index is 0.0158. The van der Waals surface area contributed by atoms with Gasteiger partial charge in [0, 0.05) is 12.1 Å². The van der Waals surface area contributed by atoms with Gasteiger partial charge in [0.05, 0.1) is 12.0 Å². The van der Waals surface area contributed by atoms with Gasteiger partial charge in [-0.1, -0.05) is 6.92 Å². The smallest absolute Gasteiger partial charge is 0.307 e. The molecule has 110 valence electrons. The lowest BCUT2D eigenvalue weighted by molar-refractivity contribution is -0.145. The third-order valence-corrected chi connectivity index (χ3v) is 4.07. The number of rotatable bonds is 5. The third kappa shape index (κ3) is 4.49. The van der Waals surface area contributed by atoms with E-state index < -0.39 is 5.97 Å². The fourth-order valence-electron chi connectivity index (χ4n) is 2.25. The van der Waals surface area contributed by atoms with Gasteiger partial charge in [0.15, 0.2) is 0 Å². The van der Waals surface area contributed by atoms with E-state index in [-0.39, 0.29) is 23.4 Å². The lowest BCUT2D eigenvalue weighted by Crippen LogP contribution is -2.54. The van der Waals surface area contributed by atoms with Crippen LogP contribution in [0.15, 0.2) is 0 Å². The molecule has 1 aliphatic rings. The van der Waals surface area contributed by atoms with Gasteiger partial charge in [0.2, 0.25) is 5.91 Å². The first-order chi connectivity index (χ1) is 8.76. The van der Waals surface area contributed by atoms with Gasteiger partial charge in [-0.2, -0.15) is 0 Å². The van der Waals surface area contributed by atoms with Crippen LogP contribution < -0.4 is 5.32 Å². The van der Waals surface area contributed by atoms with Gasteiger partial charge in [-0.05, 0) is 46.6 Å². The van der Waals surface area contributed by atoms with E-state index in [1.807, 2.05) is 32.6 Å². The van der Waals surface area contributed by atoms with Crippen LogP contribution >= 0.6 is 0 Å². The highest BCUT2D eigenvalue weighted by Crippen LogP contribution is 2.19. The van der Waals surface area contributed by atoms with Crippen molar-refractivity contribution in [3.05, 3.63) is 0 Å². The molecule has 2 N–H and O–H groups in total. The van der Waals surface area contributed by atoms with E-state index in [0.29, 0.717) is 13.0 Å². The van der Waals surface area contributed by atoms with Gasteiger partial charge >= 0.3 is 5.97 Å². The summed E-state index contributed by atoms with van der Waals surface area (Å²) in [5, 5.41) is 12.1. The van der Waals surface area contributed by atoms with Crippen molar-refractivity contribution in [3.8, 4) is 0 Å². The van der Waals surface area contributed by atoms with Gasteiger partial charge in [-0.25, -0.2) is 0 Å². The van der Waals surface area contributed by atoms with Crippen molar-refractivity contribution in [1.82, 2.24) is 10.2 Å². The zero-order valence-electron chi connectivity index (χ0n) is 12.4. The van der Waals surface area contributed by atoms with Crippen LogP contribution in [0.25, 0.3) is 0 Å². The Labute approximate surface area is 115 Å². The molecular formula is C14H26N2O3. The number of hydrogen-bond donors (Lipinski definition) is 2. The molecule has 0 saturated carbocycles. The summed E-state index contributed by atoms with van der Waals surface area (Å²) in [7, 11) is 0. The number of hydrogen-bond acceptors (Lipinski definition) is 3. The molecule has 1 heterocycles. The number of carbonyl (C=O) groups is 2. The minimum atomic E-state index is -0.758. The number of piperidine rings is 1. The lowest BCUT2D eigenvalue weighted by atomic mass is 9.96. The summed E-state index contributed by atoms with van der Waals surface area (Å²) >= 11 is 0. The highest BCUT2D eigenvalue weighted by molar-refractivity contribution is 5.82. The Bertz CT molecular complexity index is 342. The summed E-state index contributed by atoms with van der Waals surface area (Å²) in [6.45, 7) is 9.14. The van der Waals surface area contributed by atoms with Gasteiger partial charge in [-0.3, -0.25) is 14.5 Å². The summed E-state index contributed by atoms with van der Waals surface area (Å²) in [6.07, 6.45) is 2.41. The van der Waals surface area contributed by atoms with E-state index >= 15 is 0 Å². The van der Waals surface area contributed by atoms with E-state index in [2.05, 4.69) is 5.32 Å². The molecule has 0 bridgehead atoms. The van der Waals surface area contributed by atoms with Crippen LogP contribution in [0.1, 0.15) is 47.0 Å². The predicted octanol–water partition coefficient (Wildman–Crippen LogP) is 1.48. The summed E-state index contributed by atoms with van der Waals surface area (Å²) < 4.78 is 0. The highest BCUT2D eigenvalue weighted by atomic mass is 16.4. The topological polar surface area (TPSA) is 69.6 Å².